The molecule has 2 saturated carbocycles. The van der Waals surface area contributed by atoms with Crippen LogP contribution in [0.5, 0.6) is 0 Å². The van der Waals surface area contributed by atoms with Gasteiger partial charge in [0.25, 0.3) is 0 Å². The lowest BCUT2D eigenvalue weighted by Crippen LogP contribution is -2.49. The molecule has 0 heterocycles. The van der Waals surface area contributed by atoms with Crippen LogP contribution in [0.2, 0.25) is 0 Å². The van der Waals surface area contributed by atoms with Gasteiger partial charge in [-0.2, -0.15) is 0 Å². The van der Waals surface area contributed by atoms with Gasteiger partial charge in [0, 0.05) is 17.9 Å². The van der Waals surface area contributed by atoms with E-state index in [4.69, 9.17) is 0 Å². The summed E-state index contributed by atoms with van der Waals surface area (Å²) < 4.78 is 0. The van der Waals surface area contributed by atoms with Crippen molar-refractivity contribution in [1.82, 2.24) is 5.32 Å². The Morgan fingerprint density at radius 3 is 2.33 bits per heavy atom. The third kappa shape index (κ3) is 1.36. The standard InChI is InChI=1S/C15H25NO2/c1-6-10(2)16-12(18)15-8-7-14(5,11(17)9-15)13(15,3)4/h10H,6-9H2,1-5H3,(H,16,18)/t10-,14-,15+/m1/s1. The average Bonchev–Trinajstić information content (AvgIpc) is 2.59. The number of nitrogens with one attached hydrogen (secondary N) is 1. The van der Waals surface area contributed by atoms with Gasteiger partial charge in [0.1, 0.15) is 5.78 Å². The molecule has 3 heteroatoms. The zero-order valence-electron chi connectivity index (χ0n) is 12.2. The first-order valence-electron chi connectivity index (χ1n) is 7.05. The van der Waals surface area contributed by atoms with Crippen molar-refractivity contribution in [3.05, 3.63) is 0 Å². The van der Waals surface area contributed by atoms with Crippen molar-refractivity contribution < 1.29 is 9.59 Å². The topological polar surface area (TPSA) is 46.2 Å². The first-order chi connectivity index (χ1) is 8.21. The predicted octanol–water partition coefficient (Wildman–Crippen LogP) is 2.69. The summed E-state index contributed by atoms with van der Waals surface area (Å²) in [6, 6.07) is 0.185. The van der Waals surface area contributed by atoms with E-state index in [2.05, 4.69) is 26.1 Å². The number of hydrogen-bond acceptors (Lipinski definition) is 2. The van der Waals surface area contributed by atoms with Crippen LogP contribution in [0.25, 0.3) is 0 Å². The van der Waals surface area contributed by atoms with E-state index in [1.54, 1.807) is 0 Å². The first-order valence-corrected chi connectivity index (χ1v) is 7.05. The van der Waals surface area contributed by atoms with Crippen LogP contribution < -0.4 is 5.32 Å². The SMILES string of the molecule is CC[C@@H](C)NC(=O)[C@]12CC[C@](C)(C(=O)C1)C2(C)C. The molecule has 2 aliphatic rings. The first kappa shape index (κ1) is 13.6. The molecule has 2 bridgehead atoms. The molecule has 2 fully saturated rings. The van der Waals surface area contributed by atoms with Crippen LogP contribution in [0, 0.1) is 16.2 Å². The van der Waals surface area contributed by atoms with Gasteiger partial charge in [0.15, 0.2) is 0 Å². The summed E-state index contributed by atoms with van der Waals surface area (Å²) >= 11 is 0. The van der Waals surface area contributed by atoms with Crippen LogP contribution in [0.1, 0.15) is 60.3 Å². The summed E-state index contributed by atoms with van der Waals surface area (Å²) in [7, 11) is 0. The van der Waals surface area contributed by atoms with Crippen molar-refractivity contribution in [2.45, 2.75) is 66.3 Å². The highest BCUT2D eigenvalue weighted by Gasteiger charge is 2.72. The maximum atomic E-state index is 12.6. The van der Waals surface area contributed by atoms with Crippen LogP contribution >= 0.6 is 0 Å². The van der Waals surface area contributed by atoms with Gasteiger partial charge in [0.05, 0.1) is 5.41 Å². The number of ketones is 1. The number of amides is 1. The van der Waals surface area contributed by atoms with Crippen molar-refractivity contribution >= 4 is 11.7 Å². The van der Waals surface area contributed by atoms with Gasteiger partial charge in [-0.25, -0.2) is 0 Å². The summed E-state index contributed by atoms with van der Waals surface area (Å²) in [6.07, 6.45) is 3.06. The van der Waals surface area contributed by atoms with Crippen LogP contribution in [0.3, 0.4) is 0 Å². The Morgan fingerprint density at radius 2 is 1.94 bits per heavy atom. The zero-order chi connectivity index (χ0) is 13.8. The third-order valence-corrected chi connectivity index (χ3v) is 6.13. The maximum Gasteiger partial charge on any atom is 0.227 e. The molecule has 102 valence electrons. The molecule has 3 atom stereocenters. The molecule has 2 rings (SSSR count). The van der Waals surface area contributed by atoms with E-state index >= 15 is 0 Å². The molecule has 3 nitrogen and oxygen atoms in total. The molecule has 0 aromatic rings. The van der Waals surface area contributed by atoms with E-state index in [1.807, 2.05) is 13.8 Å². The van der Waals surface area contributed by atoms with Gasteiger partial charge < -0.3 is 5.32 Å². The largest absolute Gasteiger partial charge is 0.353 e. The van der Waals surface area contributed by atoms with E-state index in [9.17, 15) is 9.59 Å². The molecule has 0 aromatic carbocycles. The Balaban J connectivity index is 2.33. The second kappa shape index (κ2) is 3.82. The van der Waals surface area contributed by atoms with Crippen LogP contribution in [-0.4, -0.2) is 17.7 Å². The fourth-order valence-corrected chi connectivity index (χ4v) is 3.82. The second-order valence-electron chi connectivity index (χ2n) is 6.92. The van der Waals surface area contributed by atoms with E-state index in [0.717, 1.165) is 19.3 Å². The van der Waals surface area contributed by atoms with Crippen molar-refractivity contribution in [2.75, 3.05) is 0 Å². The van der Waals surface area contributed by atoms with E-state index in [0.29, 0.717) is 6.42 Å². The summed E-state index contributed by atoms with van der Waals surface area (Å²) in [5.74, 6) is 0.370. The van der Waals surface area contributed by atoms with Gasteiger partial charge in [-0.1, -0.05) is 27.7 Å². The molecular formula is C15H25NO2. The molecular weight excluding hydrogens is 226 g/mol. The van der Waals surface area contributed by atoms with Gasteiger partial charge in [-0.05, 0) is 31.6 Å². The molecule has 0 spiro atoms. The Kier molecular flexibility index (Phi) is 2.88. The van der Waals surface area contributed by atoms with Crippen molar-refractivity contribution in [3.8, 4) is 0 Å². The normalized spacial score (nSPS) is 38.8. The summed E-state index contributed by atoms with van der Waals surface area (Å²) in [5.41, 5.74) is -1.00. The Bertz CT molecular complexity index is 401. The van der Waals surface area contributed by atoms with E-state index in [-0.39, 0.29) is 28.6 Å². The average molecular weight is 251 g/mol. The van der Waals surface area contributed by atoms with Crippen LogP contribution in [0.15, 0.2) is 0 Å². The van der Waals surface area contributed by atoms with Crippen molar-refractivity contribution in [3.63, 3.8) is 0 Å². The molecule has 1 amide bonds. The summed E-state index contributed by atoms with van der Waals surface area (Å²) in [6.45, 7) is 10.3. The molecule has 0 aliphatic heterocycles. The maximum absolute atomic E-state index is 12.6. The molecule has 0 radical (unpaired) electrons. The molecule has 0 unspecified atom stereocenters. The lowest BCUT2D eigenvalue weighted by atomic mass is 9.64. The lowest BCUT2D eigenvalue weighted by molar-refractivity contribution is -0.137. The fraction of sp³-hybridized carbons (Fsp3) is 0.867. The van der Waals surface area contributed by atoms with Crippen molar-refractivity contribution in [1.29, 1.82) is 0 Å². The number of fused-ring (bicyclic) bond motifs is 2. The smallest absolute Gasteiger partial charge is 0.227 e. The molecule has 2 aliphatic carbocycles. The Labute approximate surface area is 110 Å². The number of carbonyl (C=O) groups excluding carboxylic acids is 2. The predicted molar refractivity (Wildman–Crippen MR) is 71.1 cm³/mol. The highest BCUT2D eigenvalue weighted by Crippen LogP contribution is 2.70. The van der Waals surface area contributed by atoms with E-state index in [1.165, 1.54) is 0 Å². The minimum Gasteiger partial charge on any atom is -0.353 e. The lowest BCUT2D eigenvalue weighted by Gasteiger charge is -2.39. The summed E-state index contributed by atoms with van der Waals surface area (Å²) in [5, 5.41) is 3.09. The van der Waals surface area contributed by atoms with E-state index < -0.39 is 5.41 Å². The monoisotopic (exact) mass is 251 g/mol. The zero-order valence-corrected chi connectivity index (χ0v) is 12.2. The van der Waals surface area contributed by atoms with Crippen LogP contribution in [-0.2, 0) is 9.59 Å². The highest BCUT2D eigenvalue weighted by atomic mass is 16.2. The molecule has 1 N–H and O–H groups in total. The van der Waals surface area contributed by atoms with Gasteiger partial charge >= 0.3 is 0 Å². The minimum atomic E-state index is -0.470. The highest BCUT2D eigenvalue weighted by molar-refractivity contribution is 5.99. The Hall–Kier alpha value is -0.860. The minimum absolute atomic E-state index is 0.0939. The summed E-state index contributed by atoms with van der Waals surface area (Å²) in [4.78, 5) is 24.9. The quantitative estimate of drug-likeness (QED) is 0.838. The van der Waals surface area contributed by atoms with Crippen LogP contribution in [0.4, 0.5) is 0 Å². The van der Waals surface area contributed by atoms with Gasteiger partial charge in [-0.3, -0.25) is 9.59 Å². The third-order valence-electron chi connectivity index (χ3n) is 6.13. The fourth-order valence-electron chi connectivity index (χ4n) is 3.82. The van der Waals surface area contributed by atoms with Gasteiger partial charge in [-0.15, -0.1) is 0 Å². The van der Waals surface area contributed by atoms with Gasteiger partial charge in [0.2, 0.25) is 5.91 Å². The molecule has 0 aromatic heterocycles. The number of carbonyl (C=O) groups is 2. The number of hydrogen-bond donors (Lipinski definition) is 1. The molecule has 18 heavy (non-hydrogen) atoms. The number of Topliss-reactive ketones (excluding diaryl/α,β-unsaturated/α-hetero) is 1. The second-order valence-corrected chi connectivity index (χ2v) is 6.92. The molecule has 0 saturated heterocycles. The Morgan fingerprint density at radius 1 is 1.33 bits per heavy atom. The number of rotatable bonds is 3. The van der Waals surface area contributed by atoms with Crippen molar-refractivity contribution in [2.24, 2.45) is 16.2 Å².